The molecule has 1 aromatic rings. The van der Waals surface area contributed by atoms with E-state index in [1.165, 1.54) is 24.8 Å². The Morgan fingerprint density at radius 3 is 2.47 bits per heavy atom. The van der Waals surface area contributed by atoms with Gasteiger partial charge in [0.05, 0.1) is 0 Å². The van der Waals surface area contributed by atoms with Crippen molar-refractivity contribution in [2.75, 3.05) is 0 Å². The lowest BCUT2D eigenvalue weighted by Gasteiger charge is -2.22. The van der Waals surface area contributed by atoms with E-state index in [1.54, 1.807) is 0 Å². The SMILES string of the molecule is CCC(NC(C)Cc1ccc(Br)cc1)C1CC1. The lowest BCUT2D eigenvalue weighted by Crippen LogP contribution is -2.38. The van der Waals surface area contributed by atoms with Crippen LogP contribution in [0, 0.1) is 5.92 Å². The van der Waals surface area contributed by atoms with Crippen LogP contribution in [0.4, 0.5) is 0 Å². The third-order valence-corrected chi connectivity index (χ3v) is 4.11. The Morgan fingerprint density at radius 2 is 1.94 bits per heavy atom. The Labute approximate surface area is 113 Å². The molecule has 2 atom stereocenters. The summed E-state index contributed by atoms with van der Waals surface area (Å²) < 4.78 is 1.16. The van der Waals surface area contributed by atoms with Crippen LogP contribution in [0.15, 0.2) is 28.7 Å². The summed E-state index contributed by atoms with van der Waals surface area (Å²) >= 11 is 3.47. The molecule has 1 aromatic carbocycles. The van der Waals surface area contributed by atoms with Crippen molar-refractivity contribution in [3.63, 3.8) is 0 Å². The van der Waals surface area contributed by atoms with E-state index in [0.29, 0.717) is 6.04 Å². The number of benzene rings is 1. The first kappa shape index (κ1) is 13.1. The molecule has 1 fully saturated rings. The van der Waals surface area contributed by atoms with Crippen LogP contribution in [0.3, 0.4) is 0 Å². The maximum atomic E-state index is 3.78. The van der Waals surface area contributed by atoms with E-state index in [1.807, 2.05) is 0 Å². The molecule has 1 aliphatic carbocycles. The van der Waals surface area contributed by atoms with Crippen LogP contribution in [-0.2, 0) is 6.42 Å². The average molecular weight is 296 g/mol. The number of halogens is 1. The Morgan fingerprint density at radius 1 is 1.29 bits per heavy atom. The van der Waals surface area contributed by atoms with Crippen LogP contribution in [-0.4, -0.2) is 12.1 Å². The molecule has 94 valence electrons. The smallest absolute Gasteiger partial charge is 0.0175 e. The minimum atomic E-state index is 0.571. The summed E-state index contributed by atoms with van der Waals surface area (Å²) in [7, 11) is 0. The first-order chi connectivity index (χ1) is 8.19. The number of hydrogen-bond acceptors (Lipinski definition) is 1. The fourth-order valence-corrected chi connectivity index (χ4v) is 2.75. The Kier molecular flexibility index (Phi) is 4.63. The lowest BCUT2D eigenvalue weighted by molar-refractivity contribution is 0.397. The predicted octanol–water partition coefficient (Wildman–Crippen LogP) is 4.16. The predicted molar refractivity (Wildman–Crippen MR) is 77.2 cm³/mol. The first-order valence-corrected chi connectivity index (χ1v) is 7.49. The second-order valence-corrected chi connectivity index (χ2v) is 6.17. The van der Waals surface area contributed by atoms with E-state index in [2.05, 4.69) is 59.4 Å². The largest absolute Gasteiger partial charge is 0.311 e. The third-order valence-electron chi connectivity index (χ3n) is 3.58. The van der Waals surface area contributed by atoms with Crippen molar-refractivity contribution in [2.24, 2.45) is 5.92 Å². The van der Waals surface area contributed by atoms with Gasteiger partial charge in [-0.25, -0.2) is 0 Å². The molecule has 0 radical (unpaired) electrons. The van der Waals surface area contributed by atoms with E-state index in [-0.39, 0.29) is 0 Å². The van der Waals surface area contributed by atoms with E-state index >= 15 is 0 Å². The highest BCUT2D eigenvalue weighted by atomic mass is 79.9. The maximum Gasteiger partial charge on any atom is 0.0175 e. The summed E-state index contributed by atoms with van der Waals surface area (Å²) in [5, 5.41) is 3.78. The van der Waals surface area contributed by atoms with Gasteiger partial charge in [0.1, 0.15) is 0 Å². The first-order valence-electron chi connectivity index (χ1n) is 6.69. The van der Waals surface area contributed by atoms with Crippen molar-refractivity contribution in [3.8, 4) is 0 Å². The minimum Gasteiger partial charge on any atom is -0.311 e. The minimum absolute atomic E-state index is 0.571. The van der Waals surface area contributed by atoms with E-state index in [9.17, 15) is 0 Å². The van der Waals surface area contributed by atoms with Crippen LogP contribution in [0.2, 0.25) is 0 Å². The second kappa shape index (κ2) is 6.01. The molecule has 0 aliphatic heterocycles. The molecule has 1 saturated carbocycles. The molecule has 0 saturated heterocycles. The second-order valence-electron chi connectivity index (χ2n) is 5.25. The highest BCUT2D eigenvalue weighted by Gasteiger charge is 2.30. The summed E-state index contributed by atoms with van der Waals surface area (Å²) in [5.41, 5.74) is 1.42. The monoisotopic (exact) mass is 295 g/mol. The van der Waals surface area contributed by atoms with Crippen LogP contribution in [0.1, 0.15) is 38.7 Å². The van der Waals surface area contributed by atoms with Gasteiger partial charge in [-0.3, -0.25) is 0 Å². The fraction of sp³-hybridized carbons (Fsp3) is 0.600. The van der Waals surface area contributed by atoms with Gasteiger partial charge >= 0.3 is 0 Å². The summed E-state index contributed by atoms with van der Waals surface area (Å²) in [6.45, 7) is 4.59. The molecule has 17 heavy (non-hydrogen) atoms. The highest BCUT2D eigenvalue weighted by Crippen LogP contribution is 2.34. The zero-order valence-corrected chi connectivity index (χ0v) is 12.3. The molecule has 0 spiro atoms. The molecule has 1 nitrogen and oxygen atoms in total. The van der Waals surface area contributed by atoms with Gasteiger partial charge in [-0.1, -0.05) is 35.0 Å². The quantitative estimate of drug-likeness (QED) is 0.831. The normalized spacial score (nSPS) is 19.0. The Balaban J connectivity index is 1.83. The summed E-state index contributed by atoms with van der Waals surface area (Å²) in [5.74, 6) is 0.951. The Bertz CT molecular complexity index is 342. The molecule has 2 heteroatoms. The number of rotatable bonds is 6. The van der Waals surface area contributed by atoms with Crippen LogP contribution in [0.5, 0.6) is 0 Å². The van der Waals surface area contributed by atoms with Crippen LogP contribution < -0.4 is 5.32 Å². The molecular weight excluding hydrogens is 274 g/mol. The van der Waals surface area contributed by atoms with Gasteiger partial charge in [0.15, 0.2) is 0 Å². The Hall–Kier alpha value is -0.340. The van der Waals surface area contributed by atoms with Crippen molar-refractivity contribution in [3.05, 3.63) is 34.3 Å². The van der Waals surface area contributed by atoms with Crippen molar-refractivity contribution in [1.29, 1.82) is 0 Å². The molecule has 2 rings (SSSR count). The fourth-order valence-electron chi connectivity index (χ4n) is 2.48. The number of hydrogen-bond donors (Lipinski definition) is 1. The van der Waals surface area contributed by atoms with Gasteiger partial charge in [0.2, 0.25) is 0 Å². The standard InChI is InChI=1S/C15H22BrN/c1-3-15(13-6-7-13)17-11(2)10-12-4-8-14(16)9-5-12/h4-5,8-9,11,13,15,17H,3,6-7,10H2,1-2H3. The van der Waals surface area contributed by atoms with Gasteiger partial charge in [0.25, 0.3) is 0 Å². The van der Waals surface area contributed by atoms with Crippen molar-refractivity contribution in [1.82, 2.24) is 5.32 Å². The van der Waals surface area contributed by atoms with E-state index < -0.39 is 0 Å². The zero-order valence-electron chi connectivity index (χ0n) is 10.7. The zero-order chi connectivity index (χ0) is 12.3. The summed E-state index contributed by atoms with van der Waals surface area (Å²) in [6.07, 6.45) is 5.23. The summed E-state index contributed by atoms with van der Waals surface area (Å²) in [4.78, 5) is 0. The molecule has 0 heterocycles. The van der Waals surface area contributed by atoms with Gasteiger partial charge < -0.3 is 5.32 Å². The van der Waals surface area contributed by atoms with Gasteiger partial charge in [-0.05, 0) is 56.2 Å². The third kappa shape index (κ3) is 4.11. The average Bonchev–Trinajstić information content (AvgIpc) is 3.13. The van der Waals surface area contributed by atoms with Crippen molar-refractivity contribution >= 4 is 15.9 Å². The maximum absolute atomic E-state index is 3.78. The highest BCUT2D eigenvalue weighted by molar-refractivity contribution is 9.10. The topological polar surface area (TPSA) is 12.0 Å². The molecule has 1 aliphatic rings. The van der Waals surface area contributed by atoms with Crippen LogP contribution in [0.25, 0.3) is 0 Å². The van der Waals surface area contributed by atoms with Gasteiger partial charge in [-0.15, -0.1) is 0 Å². The molecule has 0 bridgehead atoms. The van der Waals surface area contributed by atoms with Crippen molar-refractivity contribution in [2.45, 2.75) is 51.6 Å². The van der Waals surface area contributed by atoms with E-state index in [4.69, 9.17) is 0 Å². The molecular formula is C15H22BrN. The lowest BCUT2D eigenvalue weighted by atomic mass is 10.0. The van der Waals surface area contributed by atoms with Crippen molar-refractivity contribution < 1.29 is 0 Å². The number of nitrogens with one attached hydrogen (secondary N) is 1. The van der Waals surface area contributed by atoms with Gasteiger partial charge in [-0.2, -0.15) is 0 Å². The molecule has 0 amide bonds. The molecule has 0 aromatic heterocycles. The van der Waals surface area contributed by atoms with Crippen LogP contribution >= 0.6 is 15.9 Å². The van der Waals surface area contributed by atoms with E-state index in [0.717, 1.165) is 22.9 Å². The molecule has 2 unspecified atom stereocenters. The van der Waals surface area contributed by atoms with Gasteiger partial charge in [0, 0.05) is 16.6 Å². The molecule has 1 N–H and O–H groups in total. The summed E-state index contributed by atoms with van der Waals surface area (Å²) in [6, 6.07) is 9.98.